The van der Waals surface area contributed by atoms with Crippen molar-refractivity contribution in [3.8, 4) is 0 Å². The lowest BCUT2D eigenvalue weighted by atomic mass is 9.91. The maximum atomic E-state index is 10.8. The summed E-state index contributed by atoms with van der Waals surface area (Å²) >= 11 is 5.43. The number of anilines is 3. The van der Waals surface area contributed by atoms with E-state index >= 15 is 0 Å². The van der Waals surface area contributed by atoms with Crippen molar-refractivity contribution < 1.29 is 4.92 Å². The van der Waals surface area contributed by atoms with Crippen LogP contribution in [-0.2, 0) is 12.8 Å². The summed E-state index contributed by atoms with van der Waals surface area (Å²) in [4.78, 5) is 22.1. The number of aryl methyl sites for hydroxylation is 1. The van der Waals surface area contributed by atoms with Gasteiger partial charge in [-0.15, -0.1) is 0 Å². The second-order valence-corrected chi connectivity index (χ2v) is 9.40. The molecule has 0 atom stereocenters. The monoisotopic (exact) mass is 469 g/mol. The molecule has 0 saturated heterocycles. The van der Waals surface area contributed by atoms with Crippen LogP contribution in [0.15, 0.2) is 24.3 Å². The van der Waals surface area contributed by atoms with Gasteiger partial charge in [0.05, 0.1) is 10.6 Å². The molecule has 0 aliphatic heterocycles. The third-order valence-electron chi connectivity index (χ3n) is 6.32. The van der Waals surface area contributed by atoms with Crippen molar-refractivity contribution in [2.24, 2.45) is 0 Å². The number of hydrogen-bond acceptors (Lipinski definition) is 7. The van der Waals surface area contributed by atoms with E-state index in [1.54, 1.807) is 12.1 Å². The van der Waals surface area contributed by atoms with Gasteiger partial charge in [0.15, 0.2) is 5.11 Å². The van der Waals surface area contributed by atoms with E-state index in [1.807, 2.05) is 14.1 Å². The Hall–Kier alpha value is -3.01. The summed E-state index contributed by atoms with van der Waals surface area (Å²) < 4.78 is 0. The molecular weight excluding hydrogens is 438 g/mol. The minimum Gasteiger partial charge on any atom is -0.362 e. The van der Waals surface area contributed by atoms with Crippen LogP contribution in [0.3, 0.4) is 0 Å². The Morgan fingerprint density at radius 2 is 1.73 bits per heavy atom. The van der Waals surface area contributed by atoms with Crippen LogP contribution in [0.2, 0.25) is 0 Å². The van der Waals surface area contributed by atoms with Crippen molar-refractivity contribution in [3.05, 3.63) is 45.6 Å². The number of rotatable bonds is 6. The molecule has 33 heavy (non-hydrogen) atoms. The SMILES string of the molecule is CN(C)c1nc(N[C@H]2CC[C@@H](NC(=S)Nc3ccc([N+](=O)[O-])cc3)CC2)nc2c1CCCC2. The molecule has 2 aliphatic rings. The summed E-state index contributed by atoms with van der Waals surface area (Å²) in [6, 6.07) is 6.89. The third-order valence-corrected chi connectivity index (χ3v) is 6.54. The fourth-order valence-corrected chi connectivity index (χ4v) is 4.88. The number of nitrogens with zero attached hydrogens (tertiary/aromatic N) is 4. The molecule has 1 heterocycles. The summed E-state index contributed by atoms with van der Waals surface area (Å²) in [5.74, 6) is 1.78. The Balaban J connectivity index is 1.28. The molecule has 176 valence electrons. The van der Waals surface area contributed by atoms with Crippen LogP contribution in [0, 0.1) is 10.1 Å². The predicted octanol–water partition coefficient (Wildman–Crippen LogP) is 4.04. The Bertz CT molecular complexity index is 1000. The first-order chi connectivity index (χ1) is 15.9. The molecule has 3 N–H and O–H groups in total. The van der Waals surface area contributed by atoms with Crippen molar-refractivity contribution in [2.45, 2.75) is 63.5 Å². The van der Waals surface area contributed by atoms with Gasteiger partial charge in [-0.05, 0) is 75.7 Å². The average molecular weight is 470 g/mol. The zero-order valence-corrected chi connectivity index (χ0v) is 20.0. The molecule has 1 fully saturated rings. The number of fused-ring (bicyclic) bond motifs is 1. The van der Waals surface area contributed by atoms with Crippen LogP contribution in [0.4, 0.5) is 23.1 Å². The number of thiocarbonyl (C=S) groups is 1. The molecular formula is C23H31N7O2S. The van der Waals surface area contributed by atoms with Gasteiger partial charge < -0.3 is 20.9 Å². The highest BCUT2D eigenvalue weighted by Gasteiger charge is 2.24. The first-order valence-electron chi connectivity index (χ1n) is 11.5. The van der Waals surface area contributed by atoms with Gasteiger partial charge in [0.1, 0.15) is 5.82 Å². The average Bonchev–Trinajstić information content (AvgIpc) is 2.80. The van der Waals surface area contributed by atoms with E-state index in [1.165, 1.54) is 36.2 Å². The van der Waals surface area contributed by atoms with Crippen molar-refractivity contribution in [3.63, 3.8) is 0 Å². The Morgan fingerprint density at radius 3 is 2.39 bits per heavy atom. The van der Waals surface area contributed by atoms with E-state index in [0.29, 0.717) is 17.2 Å². The highest BCUT2D eigenvalue weighted by atomic mass is 32.1. The normalized spacial score (nSPS) is 19.8. The Morgan fingerprint density at radius 1 is 1.06 bits per heavy atom. The highest BCUT2D eigenvalue weighted by Crippen LogP contribution is 2.29. The van der Waals surface area contributed by atoms with E-state index in [9.17, 15) is 10.1 Å². The highest BCUT2D eigenvalue weighted by molar-refractivity contribution is 7.80. The predicted molar refractivity (Wildman–Crippen MR) is 135 cm³/mol. The molecule has 9 nitrogen and oxygen atoms in total. The number of aromatic nitrogens is 2. The first kappa shape index (κ1) is 23.2. The van der Waals surface area contributed by atoms with Crippen molar-refractivity contribution >= 4 is 40.5 Å². The number of hydrogen-bond donors (Lipinski definition) is 3. The summed E-state index contributed by atoms with van der Waals surface area (Å²) in [6.07, 6.45) is 8.50. The van der Waals surface area contributed by atoms with Crippen LogP contribution in [0.25, 0.3) is 0 Å². The lowest BCUT2D eigenvalue weighted by Crippen LogP contribution is -2.42. The van der Waals surface area contributed by atoms with Gasteiger partial charge in [-0.2, -0.15) is 4.98 Å². The molecule has 0 unspecified atom stereocenters. The Kier molecular flexibility index (Phi) is 7.22. The molecule has 1 aromatic heterocycles. The second-order valence-electron chi connectivity index (χ2n) is 8.99. The van der Waals surface area contributed by atoms with Crippen LogP contribution in [0.1, 0.15) is 49.8 Å². The minimum absolute atomic E-state index is 0.0610. The van der Waals surface area contributed by atoms with Gasteiger partial charge in [-0.3, -0.25) is 10.1 Å². The molecule has 2 aromatic rings. The molecule has 0 radical (unpaired) electrons. The molecule has 10 heteroatoms. The van der Waals surface area contributed by atoms with E-state index in [4.69, 9.17) is 22.2 Å². The van der Waals surface area contributed by atoms with Crippen molar-refractivity contribution in [2.75, 3.05) is 29.6 Å². The summed E-state index contributed by atoms with van der Waals surface area (Å²) in [7, 11) is 4.09. The smallest absolute Gasteiger partial charge is 0.269 e. The van der Waals surface area contributed by atoms with Gasteiger partial charge in [0.2, 0.25) is 5.95 Å². The van der Waals surface area contributed by atoms with Gasteiger partial charge in [-0.1, -0.05) is 0 Å². The van der Waals surface area contributed by atoms with Gasteiger partial charge in [-0.25, -0.2) is 4.98 Å². The van der Waals surface area contributed by atoms with Gasteiger partial charge in [0, 0.05) is 49.6 Å². The molecule has 2 aliphatic carbocycles. The fraction of sp³-hybridized carbons (Fsp3) is 0.522. The number of nitro groups is 1. The maximum absolute atomic E-state index is 10.8. The molecule has 0 spiro atoms. The van der Waals surface area contributed by atoms with Gasteiger partial charge >= 0.3 is 0 Å². The lowest BCUT2D eigenvalue weighted by molar-refractivity contribution is -0.384. The van der Waals surface area contributed by atoms with Crippen LogP contribution in [-0.4, -0.2) is 46.2 Å². The number of non-ortho nitro benzene ring substituents is 1. The third kappa shape index (κ3) is 5.87. The number of nitro benzene ring substituents is 1. The lowest BCUT2D eigenvalue weighted by Gasteiger charge is -2.31. The molecule has 1 saturated carbocycles. The largest absolute Gasteiger partial charge is 0.362 e. The Labute approximate surface area is 199 Å². The fourth-order valence-electron chi connectivity index (χ4n) is 4.59. The molecule has 0 amide bonds. The zero-order valence-electron chi connectivity index (χ0n) is 19.1. The summed E-state index contributed by atoms with van der Waals surface area (Å²) in [5.41, 5.74) is 3.29. The zero-order chi connectivity index (χ0) is 23.4. The second kappa shape index (κ2) is 10.3. The minimum atomic E-state index is -0.413. The summed E-state index contributed by atoms with van der Waals surface area (Å²) in [6.45, 7) is 0. The van der Waals surface area contributed by atoms with E-state index in [2.05, 4.69) is 20.9 Å². The van der Waals surface area contributed by atoms with Crippen LogP contribution < -0.4 is 20.9 Å². The van der Waals surface area contributed by atoms with E-state index in [-0.39, 0.29) is 5.69 Å². The van der Waals surface area contributed by atoms with Crippen molar-refractivity contribution in [1.82, 2.24) is 15.3 Å². The van der Waals surface area contributed by atoms with Gasteiger partial charge in [0.25, 0.3) is 5.69 Å². The number of benzene rings is 1. The van der Waals surface area contributed by atoms with Crippen LogP contribution in [0.5, 0.6) is 0 Å². The quantitative estimate of drug-likeness (QED) is 0.328. The maximum Gasteiger partial charge on any atom is 0.269 e. The van der Waals surface area contributed by atoms with E-state index in [0.717, 1.165) is 56.0 Å². The molecule has 1 aromatic carbocycles. The topological polar surface area (TPSA) is 108 Å². The summed E-state index contributed by atoms with van der Waals surface area (Å²) in [5, 5.41) is 21.4. The number of nitrogens with one attached hydrogen (secondary N) is 3. The van der Waals surface area contributed by atoms with E-state index < -0.39 is 4.92 Å². The van der Waals surface area contributed by atoms with Crippen molar-refractivity contribution in [1.29, 1.82) is 0 Å². The molecule has 4 rings (SSSR count). The van der Waals surface area contributed by atoms with Crippen LogP contribution >= 0.6 is 12.2 Å². The molecule has 0 bridgehead atoms. The standard InChI is InChI=1S/C23H31N7O2S/c1-29(2)21-19-5-3-4-6-20(19)27-22(28-21)24-15-7-9-16(10-8-15)25-23(33)26-17-11-13-18(14-12-17)30(31)32/h11-16H,3-10H2,1-2H3,(H,24,27,28)(H2,25,26,33)/t15-,16+. The first-order valence-corrected chi connectivity index (χ1v) is 12.0.